The van der Waals surface area contributed by atoms with Gasteiger partial charge in [-0.2, -0.15) is 0 Å². The first-order valence-electron chi connectivity index (χ1n) is 6.46. The van der Waals surface area contributed by atoms with Crippen LogP contribution in [-0.2, 0) is 4.74 Å². The lowest BCUT2D eigenvalue weighted by atomic mass is 10.2. The van der Waals surface area contributed by atoms with E-state index in [0.29, 0.717) is 0 Å². The fraction of sp³-hybridized carbons (Fsp3) is 0.571. The van der Waals surface area contributed by atoms with E-state index in [-0.39, 0.29) is 0 Å². The number of nitrogens with two attached hydrogens (primary N) is 1. The zero-order chi connectivity index (χ0) is 12.5. The fourth-order valence-corrected chi connectivity index (χ4v) is 1.75. The van der Waals surface area contributed by atoms with Crippen LogP contribution in [-0.4, -0.2) is 26.3 Å². The summed E-state index contributed by atoms with van der Waals surface area (Å²) in [6.07, 6.45) is 2.32. The van der Waals surface area contributed by atoms with Gasteiger partial charge >= 0.3 is 0 Å². The Balaban J connectivity index is 2.41. The molecule has 0 fully saturated rings. The average molecular weight is 236 g/mol. The van der Waals surface area contributed by atoms with Gasteiger partial charge < -0.3 is 15.4 Å². The molecular weight excluding hydrogens is 212 g/mol. The van der Waals surface area contributed by atoms with Crippen LogP contribution < -0.4 is 10.6 Å². The minimum absolute atomic E-state index is 0.766. The second-order valence-corrected chi connectivity index (χ2v) is 4.10. The van der Waals surface area contributed by atoms with Crippen molar-refractivity contribution in [3.05, 3.63) is 24.3 Å². The maximum atomic E-state index is 5.97. The lowest BCUT2D eigenvalue weighted by Gasteiger charge is -2.24. The lowest BCUT2D eigenvalue weighted by molar-refractivity contribution is 0.137. The molecule has 0 aliphatic carbocycles. The van der Waals surface area contributed by atoms with Crippen molar-refractivity contribution in [2.24, 2.45) is 0 Å². The van der Waals surface area contributed by atoms with Crippen LogP contribution in [0.1, 0.15) is 26.7 Å². The van der Waals surface area contributed by atoms with Gasteiger partial charge in [0.25, 0.3) is 0 Å². The van der Waals surface area contributed by atoms with E-state index >= 15 is 0 Å². The van der Waals surface area contributed by atoms with E-state index in [2.05, 4.69) is 24.8 Å². The summed E-state index contributed by atoms with van der Waals surface area (Å²) in [6, 6.07) is 7.98. The normalized spacial score (nSPS) is 10.5. The number of likely N-dealkylation sites (N-methyl/N-ethyl adjacent to an activating group) is 1. The first kappa shape index (κ1) is 13.8. The Morgan fingerprint density at radius 1 is 1.18 bits per heavy atom. The fourth-order valence-electron chi connectivity index (χ4n) is 1.75. The minimum atomic E-state index is 0.766. The monoisotopic (exact) mass is 236 g/mol. The Hall–Kier alpha value is -1.22. The first-order chi connectivity index (χ1) is 8.29. The zero-order valence-corrected chi connectivity index (χ0v) is 11.0. The average Bonchev–Trinajstić information content (AvgIpc) is 2.35. The second-order valence-electron chi connectivity index (χ2n) is 4.10. The largest absolute Gasteiger partial charge is 0.397 e. The Morgan fingerprint density at radius 3 is 2.59 bits per heavy atom. The number of hydrogen-bond acceptors (Lipinski definition) is 3. The summed E-state index contributed by atoms with van der Waals surface area (Å²) in [5.74, 6) is 0. The Labute approximate surface area is 105 Å². The molecule has 0 saturated heterocycles. The molecule has 1 rings (SSSR count). The van der Waals surface area contributed by atoms with Crippen LogP contribution in [0.3, 0.4) is 0 Å². The number of hydrogen-bond donors (Lipinski definition) is 1. The molecule has 0 aromatic heterocycles. The van der Waals surface area contributed by atoms with Crippen LogP contribution in [0.5, 0.6) is 0 Å². The van der Waals surface area contributed by atoms with Crippen molar-refractivity contribution in [3.63, 3.8) is 0 Å². The molecule has 1 aromatic carbocycles. The highest BCUT2D eigenvalue weighted by molar-refractivity contribution is 5.67. The van der Waals surface area contributed by atoms with Crippen molar-refractivity contribution >= 4 is 11.4 Å². The van der Waals surface area contributed by atoms with Crippen molar-refractivity contribution in [2.75, 3.05) is 36.9 Å². The van der Waals surface area contributed by atoms with Gasteiger partial charge in [0.05, 0.1) is 18.0 Å². The highest BCUT2D eigenvalue weighted by Gasteiger charge is 2.06. The third-order valence-electron chi connectivity index (χ3n) is 2.81. The van der Waals surface area contributed by atoms with Gasteiger partial charge in [0.2, 0.25) is 0 Å². The molecule has 3 nitrogen and oxygen atoms in total. The van der Waals surface area contributed by atoms with Gasteiger partial charge in [0.15, 0.2) is 0 Å². The summed E-state index contributed by atoms with van der Waals surface area (Å²) in [7, 11) is 0. The van der Waals surface area contributed by atoms with Crippen molar-refractivity contribution in [3.8, 4) is 0 Å². The molecule has 17 heavy (non-hydrogen) atoms. The summed E-state index contributed by atoms with van der Waals surface area (Å²) in [5, 5.41) is 0. The molecule has 0 bridgehead atoms. The van der Waals surface area contributed by atoms with Gasteiger partial charge in [-0.05, 0) is 25.5 Å². The summed E-state index contributed by atoms with van der Waals surface area (Å²) >= 11 is 0. The van der Waals surface area contributed by atoms with Gasteiger partial charge in [-0.25, -0.2) is 0 Å². The Kier molecular flexibility index (Phi) is 6.48. The standard InChI is InChI=1S/C14H24N2O/c1-3-5-11-17-12-10-16(4-2)14-9-7-6-8-13(14)15/h6-9H,3-5,10-12,15H2,1-2H3. The van der Waals surface area contributed by atoms with Crippen molar-refractivity contribution in [1.29, 1.82) is 0 Å². The molecule has 0 unspecified atom stereocenters. The van der Waals surface area contributed by atoms with Gasteiger partial charge in [-0.1, -0.05) is 25.5 Å². The zero-order valence-electron chi connectivity index (χ0n) is 11.0. The van der Waals surface area contributed by atoms with E-state index in [1.165, 1.54) is 6.42 Å². The van der Waals surface area contributed by atoms with E-state index in [4.69, 9.17) is 10.5 Å². The van der Waals surface area contributed by atoms with E-state index in [1.807, 2.05) is 18.2 Å². The quantitative estimate of drug-likeness (QED) is 0.557. The Morgan fingerprint density at radius 2 is 1.94 bits per heavy atom. The number of nitrogens with zero attached hydrogens (tertiary/aromatic N) is 1. The molecule has 3 heteroatoms. The molecule has 0 saturated carbocycles. The molecule has 1 aromatic rings. The lowest BCUT2D eigenvalue weighted by Crippen LogP contribution is -2.28. The summed E-state index contributed by atoms with van der Waals surface area (Å²) < 4.78 is 5.59. The van der Waals surface area contributed by atoms with Crippen LogP contribution in [0.25, 0.3) is 0 Å². The molecule has 96 valence electrons. The van der Waals surface area contributed by atoms with Crippen molar-refractivity contribution in [2.45, 2.75) is 26.7 Å². The first-order valence-corrected chi connectivity index (χ1v) is 6.46. The minimum Gasteiger partial charge on any atom is -0.397 e. The van der Waals surface area contributed by atoms with Crippen LogP contribution in [0.15, 0.2) is 24.3 Å². The summed E-state index contributed by atoms with van der Waals surface area (Å²) in [5.41, 5.74) is 7.91. The van der Waals surface area contributed by atoms with E-state index in [1.54, 1.807) is 0 Å². The highest BCUT2D eigenvalue weighted by atomic mass is 16.5. The van der Waals surface area contributed by atoms with Crippen molar-refractivity contribution < 1.29 is 4.74 Å². The molecule has 0 radical (unpaired) electrons. The molecule has 0 aliphatic heterocycles. The number of para-hydroxylation sites is 2. The molecule has 0 spiro atoms. The number of unbranched alkanes of at least 4 members (excludes halogenated alkanes) is 1. The molecule has 2 N–H and O–H groups in total. The number of anilines is 2. The number of rotatable bonds is 8. The summed E-state index contributed by atoms with van der Waals surface area (Å²) in [6.45, 7) is 7.78. The third-order valence-corrected chi connectivity index (χ3v) is 2.81. The summed E-state index contributed by atoms with van der Waals surface area (Å²) in [4.78, 5) is 2.25. The highest BCUT2D eigenvalue weighted by Crippen LogP contribution is 2.21. The maximum absolute atomic E-state index is 5.97. The van der Waals surface area contributed by atoms with Gasteiger partial charge in [0, 0.05) is 19.7 Å². The smallest absolute Gasteiger partial charge is 0.0641 e. The number of benzene rings is 1. The predicted molar refractivity (Wildman–Crippen MR) is 74.5 cm³/mol. The number of nitrogen functional groups attached to an aromatic ring is 1. The molecule has 0 heterocycles. The van der Waals surface area contributed by atoms with Gasteiger partial charge in [-0.15, -0.1) is 0 Å². The van der Waals surface area contributed by atoms with Crippen LogP contribution in [0.4, 0.5) is 11.4 Å². The maximum Gasteiger partial charge on any atom is 0.0641 e. The predicted octanol–water partition coefficient (Wildman–Crippen LogP) is 2.91. The molecule has 0 amide bonds. The SMILES string of the molecule is CCCCOCCN(CC)c1ccccc1N. The second kappa shape index (κ2) is 7.96. The van der Waals surface area contributed by atoms with Crippen LogP contribution in [0.2, 0.25) is 0 Å². The van der Waals surface area contributed by atoms with Crippen molar-refractivity contribution in [1.82, 2.24) is 0 Å². The molecular formula is C14H24N2O. The van der Waals surface area contributed by atoms with Gasteiger partial charge in [0.1, 0.15) is 0 Å². The number of ether oxygens (including phenoxy) is 1. The molecule has 0 aliphatic rings. The topological polar surface area (TPSA) is 38.5 Å². The van der Waals surface area contributed by atoms with Gasteiger partial charge in [-0.3, -0.25) is 0 Å². The van der Waals surface area contributed by atoms with Crippen LogP contribution >= 0.6 is 0 Å². The van der Waals surface area contributed by atoms with Crippen LogP contribution in [0, 0.1) is 0 Å². The van der Waals surface area contributed by atoms with E-state index in [0.717, 1.165) is 44.1 Å². The third kappa shape index (κ3) is 4.65. The van der Waals surface area contributed by atoms with E-state index < -0.39 is 0 Å². The molecule has 0 atom stereocenters. The Bertz CT molecular complexity index is 315. The van der Waals surface area contributed by atoms with E-state index in [9.17, 15) is 0 Å².